The highest BCUT2D eigenvalue weighted by Crippen LogP contribution is 2.36. The van der Waals surface area contributed by atoms with Gasteiger partial charge in [0.1, 0.15) is 6.04 Å². The van der Waals surface area contributed by atoms with Crippen LogP contribution >= 0.6 is 0 Å². The van der Waals surface area contributed by atoms with E-state index in [0.717, 1.165) is 21.9 Å². The zero-order valence-electron chi connectivity index (χ0n) is 26.8. The summed E-state index contributed by atoms with van der Waals surface area (Å²) in [5, 5.41) is 3.88. The van der Waals surface area contributed by atoms with Gasteiger partial charge >= 0.3 is 0 Å². The third-order valence-corrected chi connectivity index (χ3v) is 8.47. The molecule has 3 amide bonds. The van der Waals surface area contributed by atoms with Crippen molar-refractivity contribution in [1.82, 2.24) is 20.2 Å². The molecule has 234 valence electrons. The Labute approximate surface area is 261 Å². The average molecular weight is 598 g/mol. The van der Waals surface area contributed by atoms with Crippen molar-refractivity contribution >= 4 is 28.5 Å². The molecular formula is C36H47N5O3. The number of hydrazine groups is 1. The van der Waals surface area contributed by atoms with Gasteiger partial charge in [0.15, 0.2) is 0 Å². The van der Waals surface area contributed by atoms with Gasteiger partial charge in [0.25, 0.3) is 0 Å². The molecule has 1 fully saturated rings. The lowest BCUT2D eigenvalue weighted by atomic mass is 9.73. The zero-order chi connectivity index (χ0) is 31.9. The third kappa shape index (κ3) is 8.55. The van der Waals surface area contributed by atoms with E-state index >= 15 is 0 Å². The number of hydrogen-bond donors (Lipinski definition) is 2. The SMILES string of the molecule is CN(C)NC(=O)C1(Cc2ccccc2)CCN(C(=O)[C@@H](Cc2ccc3ccccc3c2)N(C)C(=O)/C=C/CC(C)(C)N)CC1. The summed E-state index contributed by atoms with van der Waals surface area (Å²) in [4.78, 5) is 44.5. The fraction of sp³-hybridized carbons (Fsp3) is 0.417. The maximum atomic E-state index is 14.2. The Morgan fingerprint density at radius 3 is 2.20 bits per heavy atom. The Bertz CT molecular complexity index is 1470. The van der Waals surface area contributed by atoms with Crippen LogP contribution in [0.25, 0.3) is 10.8 Å². The average Bonchev–Trinajstić information content (AvgIpc) is 2.99. The van der Waals surface area contributed by atoms with Crippen LogP contribution in [0.5, 0.6) is 0 Å². The second-order valence-corrected chi connectivity index (χ2v) is 13.0. The maximum Gasteiger partial charge on any atom is 0.246 e. The van der Waals surface area contributed by atoms with E-state index in [9.17, 15) is 14.4 Å². The Morgan fingerprint density at radius 2 is 1.57 bits per heavy atom. The van der Waals surface area contributed by atoms with Gasteiger partial charge in [-0.15, -0.1) is 0 Å². The number of benzene rings is 3. The fourth-order valence-corrected chi connectivity index (χ4v) is 5.87. The van der Waals surface area contributed by atoms with E-state index in [1.807, 2.05) is 67.3 Å². The number of carbonyl (C=O) groups excluding carboxylic acids is 3. The number of likely N-dealkylation sites (tertiary alicyclic amines) is 1. The largest absolute Gasteiger partial charge is 0.341 e. The van der Waals surface area contributed by atoms with Crippen LogP contribution in [0.2, 0.25) is 0 Å². The van der Waals surface area contributed by atoms with Gasteiger partial charge in [-0.05, 0) is 67.5 Å². The van der Waals surface area contributed by atoms with Gasteiger partial charge in [0, 0.05) is 46.2 Å². The minimum absolute atomic E-state index is 0.0357. The minimum atomic E-state index is -0.698. The molecule has 1 aliphatic heterocycles. The van der Waals surface area contributed by atoms with Crippen molar-refractivity contribution in [2.45, 2.75) is 57.5 Å². The Kier molecular flexibility index (Phi) is 10.6. The Hall–Kier alpha value is -4.01. The monoisotopic (exact) mass is 597 g/mol. The normalized spacial score (nSPS) is 15.8. The molecule has 0 aromatic heterocycles. The summed E-state index contributed by atoms with van der Waals surface area (Å²) in [6.07, 6.45) is 5.87. The molecule has 3 N–H and O–H groups in total. The molecule has 1 heterocycles. The molecule has 8 nitrogen and oxygen atoms in total. The van der Waals surface area contributed by atoms with Crippen LogP contribution in [-0.4, -0.2) is 78.3 Å². The van der Waals surface area contributed by atoms with Crippen molar-refractivity contribution in [1.29, 1.82) is 0 Å². The van der Waals surface area contributed by atoms with Crippen molar-refractivity contribution in [2.75, 3.05) is 34.2 Å². The summed E-state index contributed by atoms with van der Waals surface area (Å²) in [6, 6.07) is 23.6. The van der Waals surface area contributed by atoms with Crippen molar-refractivity contribution < 1.29 is 14.4 Å². The topological polar surface area (TPSA) is 99.0 Å². The van der Waals surface area contributed by atoms with Crippen molar-refractivity contribution in [2.24, 2.45) is 11.1 Å². The second-order valence-electron chi connectivity index (χ2n) is 13.0. The van der Waals surface area contributed by atoms with Crippen LogP contribution < -0.4 is 11.2 Å². The zero-order valence-corrected chi connectivity index (χ0v) is 26.8. The number of nitrogens with zero attached hydrogens (tertiary/aromatic N) is 3. The summed E-state index contributed by atoms with van der Waals surface area (Å²) in [5.74, 6) is -0.386. The summed E-state index contributed by atoms with van der Waals surface area (Å²) < 4.78 is 0. The number of fused-ring (bicyclic) bond motifs is 1. The summed E-state index contributed by atoms with van der Waals surface area (Å²) in [6.45, 7) is 4.68. The molecule has 1 saturated heterocycles. The first-order valence-electron chi connectivity index (χ1n) is 15.4. The molecule has 3 aromatic rings. The van der Waals surface area contributed by atoms with Crippen LogP contribution in [-0.2, 0) is 27.2 Å². The molecule has 0 saturated carbocycles. The number of hydrogen-bond acceptors (Lipinski definition) is 5. The number of likely N-dealkylation sites (N-methyl/N-ethyl adjacent to an activating group) is 1. The van der Waals surface area contributed by atoms with Gasteiger partial charge in [0.05, 0.1) is 5.41 Å². The molecule has 0 radical (unpaired) electrons. The molecule has 1 atom stereocenters. The molecular weight excluding hydrogens is 550 g/mol. The van der Waals surface area contributed by atoms with Gasteiger partial charge in [-0.1, -0.05) is 78.9 Å². The lowest BCUT2D eigenvalue weighted by Crippen LogP contribution is -2.56. The summed E-state index contributed by atoms with van der Waals surface area (Å²) in [7, 11) is 5.30. The number of piperidine rings is 1. The van der Waals surface area contributed by atoms with Gasteiger partial charge in [-0.3, -0.25) is 19.8 Å². The molecule has 0 spiro atoms. The number of nitrogens with two attached hydrogens (primary N) is 1. The quantitative estimate of drug-likeness (QED) is 0.253. The first-order chi connectivity index (χ1) is 20.9. The van der Waals surface area contributed by atoms with E-state index in [1.54, 1.807) is 37.1 Å². The van der Waals surface area contributed by atoms with Crippen LogP contribution in [0.15, 0.2) is 84.9 Å². The Balaban J connectivity index is 1.57. The van der Waals surface area contributed by atoms with Gasteiger partial charge in [-0.2, -0.15) is 0 Å². The maximum absolute atomic E-state index is 14.2. The second kappa shape index (κ2) is 14.2. The van der Waals surface area contributed by atoms with Gasteiger partial charge in [-0.25, -0.2) is 5.01 Å². The van der Waals surface area contributed by atoms with Crippen LogP contribution in [0, 0.1) is 5.41 Å². The van der Waals surface area contributed by atoms with E-state index in [-0.39, 0.29) is 17.7 Å². The molecule has 4 rings (SSSR count). The predicted molar refractivity (Wildman–Crippen MR) is 176 cm³/mol. The van der Waals surface area contributed by atoms with Gasteiger partial charge in [0.2, 0.25) is 17.7 Å². The van der Waals surface area contributed by atoms with E-state index in [1.165, 1.54) is 6.08 Å². The lowest BCUT2D eigenvalue weighted by Gasteiger charge is -2.43. The highest BCUT2D eigenvalue weighted by Gasteiger charge is 2.44. The molecule has 8 heteroatoms. The van der Waals surface area contributed by atoms with Crippen LogP contribution in [0.1, 0.15) is 44.2 Å². The summed E-state index contributed by atoms with van der Waals surface area (Å²) in [5.41, 5.74) is 10.1. The number of nitrogens with one attached hydrogen (secondary N) is 1. The number of amides is 3. The lowest BCUT2D eigenvalue weighted by molar-refractivity contribution is -0.147. The molecule has 0 bridgehead atoms. The highest BCUT2D eigenvalue weighted by molar-refractivity contribution is 5.93. The highest BCUT2D eigenvalue weighted by atomic mass is 16.2. The van der Waals surface area contributed by atoms with Crippen molar-refractivity contribution in [3.8, 4) is 0 Å². The first kappa shape index (κ1) is 32.9. The molecule has 0 unspecified atom stereocenters. The van der Waals surface area contributed by atoms with E-state index < -0.39 is 17.0 Å². The number of rotatable bonds is 11. The van der Waals surface area contributed by atoms with Gasteiger partial charge < -0.3 is 15.5 Å². The number of carbonyl (C=O) groups is 3. The molecule has 3 aromatic carbocycles. The minimum Gasteiger partial charge on any atom is -0.341 e. The molecule has 0 aliphatic carbocycles. The summed E-state index contributed by atoms with van der Waals surface area (Å²) >= 11 is 0. The molecule has 44 heavy (non-hydrogen) atoms. The molecule has 1 aliphatic rings. The van der Waals surface area contributed by atoms with E-state index in [2.05, 4.69) is 29.7 Å². The third-order valence-electron chi connectivity index (χ3n) is 8.47. The predicted octanol–water partition coefficient (Wildman–Crippen LogP) is 4.34. The smallest absolute Gasteiger partial charge is 0.246 e. The van der Waals surface area contributed by atoms with Crippen molar-refractivity contribution in [3.63, 3.8) is 0 Å². The van der Waals surface area contributed by atoms with Crippen LogP contribution in [0.3, 0.4) is 0 Å². The van der Waals surface area contributed by atoms with E-state index in [4.69, 9.17) is 5.73 Å². The van der Waals surface area contributed by atoms with E-state index in [0.29, 0.717) is 45.2 Å². The fourth-order valence-electron chi connectivity index (χ4n) is 5.87. The first-order valence-corrected chi connectivity index (χ1v) is 15.4. The standard InChI is InChI=1S/C36H47N5O3/c1-35(2,37)19-11-16-32(42)40(5)31(25-28-17-18-29-14-9-10-15-30(29)24-28)33(43)41-22-20-36(21-23-41,34(44)38-39(3)4)26-27-12-7-6-8-13-27/h6-18,24,31H,19-23,25-26,37H2,1-5H3,(H,38,44)/b16-11+/t31-/m1/s1. The Morgan fingerprint density at radius 1 is 0.932 bits per heavy atom. The van der Waals surface area contributed by atoms with Crippen LogP contribution in [0.4, 0.5) is 0 Å². The van der Waals surface area contributed by atoms with Crippen molar-refractivity contribution in [3.05, 3.63) is 96.1 Å².